The zero-order valence-electron chi connectivity index (χ0n) is 13.2. The van der Waals surface area contributed by atoms with Gasteiger partial charge >= 0.3 is 0 Å². The molecule has 1 atom stereocenters. The van der Waals surface area contributed by atoms with E-state index in [1.807, 2.05) is 4.90 Å². The minimum Gasteiger partial charge on any atom is -0.375 e. The quantitative estimate of drug-likeness (QED) is 0.797. The summed E-state index contributed by atoms with van der Waals surface area (Å²) in [6.07, 6.45) is 3.34. The fourth-order valence-corrected chi connectivity index (χ4v) is 3.79. The first-order valence-corrected chi connectivity index (χ1v) is 7.92. The smallest absolute Gasteiger partial charge is 0.248 e. The van der Waals surface area contributed by atoms with Crippen molar-refractivity contribution in [3.8, 4) is 0 Å². The monoisotopic (exact) mass is 331 g/mol. The Morgan fingerprint density at radius 2 is 1.73 bits per heavy atom. The lowest BCUT2D eigenvalue weighted by Crippen LogP contribution is -2.52. The number of halogens is 1. The second-order valence-corrected chi connectivity index (χ2v) is 6.51. The molecule has 22 heavy (non-hydrogen) atoms. The maximum Gasteiger partial charge on any atom is 0.248 e. The fourth-order valence-electron chi connectivity index (χ4n) is 3.79. The summed E-state index contributed by atoms with van der Waals surface area (Å²) < 4.78 is 4.88. The molecule has 6 nitrogen and oxygen atoms in total. The van der Waals surface area contributed by atoms with Crippen LogP contribution in [-0.4, -0.2) is 74.6 Å². The van der Waals surface area contributed by atoms with Crippen LogP contribution in [0.5, 0.6) is 0 Å². The van der Waals surface area contributed by atoms with E-state index >= 15 is 0 Å². The van der Waals surface area contributed by atoms with Crippen LogP contribution in [0.15, 0.2) is 0 Å². The average Bonchev–Trinajstić information content (AvgIpc) is 3.21. The van der Waals surface area contributed by atoms with Crippen molar-refractivity contribution in [2.75, 3.05) is 53.0 Å². The van der Waals surface area contributed by atoms with Gasteiger partial charge in [-0.2, -0.15) is 0 Å². The summed E-state index contributed by atoms with van der Waals surface area (Å²) in [6, 6.07) is 0. The van der Waals surface area contributed by atoms with Gasteiger partial charge in [-0.15, -0.1) is 12.4 Å². The predicted molar refractivity (Wildman–Crippen MR) is 84.9 cm³/mol. The summed E-state index contributed by atoms with van der Waals surface area (Å²) in [5.41, 5.74) is 0.297. The van der Waals surface area contributed by atoms with Crippen LogP contribution in [-0.2, 0) is 14.3 Å². The van der Waals surface area contributed by atoms with Gasteiger partial charge in [0.15, 0.2) is 0 Å². The Morgan fingerprint density at radius 1 is 1.14 bits per heavy atom. The van der Waals surface area contributed by atoms with E-state index < -0.39 is 0 Å². The van der Waals surface area contributed by atoms with Gasteiger partial charge in [-0.05, 0) is 37.8 Å². The van der Waals surface area contributed by atoms with Gasteiger partial charge in [0.2, 0.25) is 11.8 Å². The van der Waals surface area contributed by atoms with Crippen molar-refractivity contribution >= 4 is 24.2 Å². The Kier molecular flexibility index (Phi) is 5.69. The summed E-state index contributed by atoms with van der Waals surface area (Å²) in [4.78, 5) is 28.1. The molecule has 0 radical (unpaired) electrons. The minimum absolute atomic E-state index is 0. The molecule has 126 valence electrons. The number of carbonyl (C=O) groups is 2. The Morgan fingerprint density at radius 3 is 2.32 bits per heavy atom. The van der Waals surface area contributed by atoms with Crippen molar-refractivity contribution in [2.45, 2.75) is 19.3 Å². The molecule has 1 saturated carbocycles. The second kappa shape index (κ2) is 7.15. The molecule has 2 saturated heterocycles. The number of nitrogens with zero attached hydrogens (tertiary/aromatic N) is 2. The number of piperazine rings is 1. The third-order valence-corrected chi connectivity index (χ3v) is 5.30. The number of nitrogens with one attached hydrogen (secondary N) is 1. The van der Waals surface area contributed by atoms with E-state index in [1.165, 1.54) is 7.11 Å². The maximum absolute atomic E-state index is 12.6. The number of amides is 2. The first-order chi connectivity index (χ1) is 10.2. The molecule has 3 rings (SSSR count). The van der Waals surface area contributed by atoms with Gasteiger partial charge in [0.25, 0.3) is 0 Å². The molecule has 1 N–H and O–H groups in total. The molecular weight excluding hydrogens is 306 g/mol. The van der Waals surface area contributed by atoms with Crippen LogP contribution in [0, 0.1) is 11.3 Å². The van der Waals surface area contributed by atoms with Gasteiger partial charge in [-0.3, -0.25) is 9.59 Å². The molecule has 0 aromatic carbocycles. The number of carbonyl (C=O) groups excluding carboxylic acids is 2. The molecule has 2 heterocycles. The number of rotatable bonds is 3. The van der Waals surface area contributed by atoms with Crippen LogP contribution in [0.1, 0.15) is 19.3 Å². The van der Waals surface area contributed by atoms with Gasteiger partial charge in [0.1, 0.15) is 6.61 Å². The normalized spacial score (nSPS) is 26.5. The van der Waals surface area contributed by atoms with Crippen molar-refractivity contribution < 1.29 is 14.3 Å². The van der Waals surface area contributed by atoms with Crippen molar-refractivity contribution in [3.05, 3.63) is 0 Å². The zero-order chi connectivity index (χ0) is 14.9. The second-order valence-electron chi connectivity index (χ2n) is 6.51. The largest absolute Gasteiger partial charge is 0.375 e. The highest BCUT2D eigenvalue weighted by molar-refractivity contribution is 5.85. The van der Waals surface area contributed by atoms with Crippen LogP contribution < -0.4 is 5.32 Å². The molecule has 2 amide bonds. The maximum atomic E-state index is 12.6. The number of piperidine rings is 1. The number of hydrogen-bond acceptors (Lipinski definition) is 4. The summed E-state index contributed by atoms with van der Waals surface area (Å²) in [7, 11) is 1.53. The topological polar surface area (TPSA) is 61.9 Å². The molecule has 0 aromatic rings. The van der Waals surface area contributed by atoms with E-state index in [0.717, 1.165) is 32.4 Å². The van der Waals surface area contributed by atoms with E-state index in [-0.39, 0.29) is 30.8 Å². The zero-order valence-corrected chi connectivity index (χ0v) is 14.0. The van der Waals surface area contributed by atoms with E-state index in [9.17, 15) is 9.59 Å². The lowest BCUT2D eigenvalue weighted by Gasteiger charge is -2.35. The van der Waals surface area contributed by atoms with Crippen molar-refractivity contribution in [1.82, 2.24) is 15.1 Å². The van der Waals surface area contributed by atoms with E-state index in [4.69, 9.17) is 4.74 Å². The van der Waals surface area contributed by atoms with Crippen LogP contribution in [0.4, 0.5) is 0 Å². The minimum atomic E-state index is 0. The molecule has 3 fully saturated rings. The number of hydrogen-bond donors (Lipinski definition) is 1. The third kappa shape index (κ3) is 3.39. The lowest BCUT2D eigenvalue weighted by molar-refractivity contribution is -0.142. The van der Waals surface area contributed by atoms with Crippen molar-refractivity contribution in [3.63, 3.8) is 0 Å². The summed E-state index contributed by atoms with van der Waals surface area (Å²) in [5.74, 6) is 0.572. The Bertz CT molecular complexity index is 418. The molecular formula is C15H26ClN3O3. The number of methoxy groups -OCH3 is 1. The molecule has 2 aliphatic heterocycles. The summed E-state index contributed by atoms with van der Waals surface area (Å²) in [5, 5.41) is 3.37. The molecule has 1 spiro atoms. The van der Waals surface area contributed by atoms with Gasteiger partial charge in [-0.1, -0.05) is 0 Å². The Hall–Kier alpha value is -0.850. The molecule has 1 unspecified atom stereocenters. The van der Waals surface area contributed by atoms with Gasteiger partial charge in [0, 0.05) is 39.2 Å². The van der Waals surface area contributed by atoms with Gasteiger partial charge in [0.05, 0.1) is 0 Å². The van der Waals surface area contributed by atoms with Crippen molar-refractivity contribution in [2.24, 2.45) is 11.3 Å². The summed E-state index contributed by atoms with van der Waals surface area (Å²) >= 11 is 0. The molecule has 3 aliphatic rings. The Balaban J connectivity index is 0.00000176. The highest BCUT2D eigenvalue weighted by Gasteiger charge is 2.58. The lowest BCUT2D eigenvalue weighted by atomic mass is 9.91. The third-order valence-electron chi connectivity index (χ3n) is 5.30. The first-order valence-electron chi connectivity index (χ1n) is 7.92. The van der Waals surface area contributed by atoms with E-state index in [1.54, 1.807) is 4.90 Å². The SMILES string of the molecule is COCC(=O)N1CCN(C(=O)C2CC23CCNCC3)CC1.Cl. The molecule has 1 aliphatic carbocycles. The van der Waals surface area contributed by atoms with Crippen LogP contribution in [0.2, 0.25) is 0 Å². The average molecular weight is 332 g/mol. The van der Waals surface area contributed by atoms with Crippen LogP contribution in [0.25, 0.3) is 0 Å². The first kappa shape index (κ1) is 17.5. The molecule has 0 bridgehead atoms. The summed E-state index contributed by atoms with van der Waals surface area (Å²) in [6.45, 7) is 4.82. The standard InChI is InChI=1S/C15H25N3O3.ClH/c1-21-11-13(19)17-6-8-18(9-7-17)14(20)12-10-15(12)2-4-16-5-3-15;/h12,16H,2-11H2,1H3;1H. The highest BCUT2D eigenvalue weighted by atomic mass is 35.5. The van der Waals surface area contributed by atoms with Gasteiger partial charge in [-0.25, -0.2) is 0 Å². The van der Waals surface area contributed by atoms with E-state index in [2.05, 4.69) is 5.32 Å². The van der Waals surface area contributed by atoms with Crippen LogP contribution >= 0.6 is 12.4 Å². The number of ether oxygens (including phenoxy) is 1. The predicted octanol–water partition coefficient (Wildman–Crippen LogP) is 0.115. The van der Waals surface area contributed by atoms with Crippen molar-refractivity contribution in [1.29, 1.82) is 0 Å². The van der Waals surface area contributed by atoms with Crippen LogP contribution in [0.3, 0.4) is 0 Å². The highest BCUT2D eigenvalue weighted by Crippen LogP contribution is 2.59. The fraction of sp³-hybridized carbons (Fsp3) is 0.867. The Labute approximate surface area is 137 Å². The van der Waals surface area contributed by atoms with Gasteiger partial charge < -0.3 is 19.9 Å². The van der Waals surface area contributed by atoms with E-state index in [0.29, 0.717) is 37.5 Å². The molecule has 7 heteroatoms. The molecule has 0 aromatic heterocycles.